The number of anilines is 1. The highest BCUT2D eigenvalue weighted by molar-refractivity contribution is 6.30. The summed E-state index contributed by atoms with van der Waals surface area (Å²) in [5.41, 5.74) is 4.47. The van der Waals surface area contributed by atoms with Gasteiger partial charge in [-0.2, -0.15) is 4.98 Å². The molecular formula is C15H17ClN4O. The Labute approximate surface area is 128 Å². The minimum Gasteiger partial charge on any atom is -0.472 e. The van der Waals surface area contributed by atoms with E-state index in [1.54, 1.807) is 0 Å². The third-order valence-electron chi connectivity index (χ3n) is 3.49. The van der Waals surface area contributed by atoms with Crippen LogP contribution in [0.4, 0.5) is 5.82 Å². The van der Waals surface area contributed by atoms with Gasteiger partial charge in [-0.15, -0.1) is 0 Å². The Hall–Kier alpha value is -1.85. The van der Waals surface area contributed by atoms with Crippen LogP contribution in [0.3, 0.4) is 0 Å². The van der Waals surface area contributed by atoms with Crippen molar-refractivity contribution in [3.63, 3.8) is 0 Å². The molecule has 6 heteroatoms. The Morgan fingerprint density at radius 1 is 1.29 bits per heavy atom. The molecule has 3 rings (SSSR count). The van der Waals surface area contributed by atoms with Crippen molar-refractivity contribution in [2.45, 2.75) is 32.3 Å². The van der Waals surface area contributed by atoms with E-state index in [0.29, 0.717) is 29.2 Å². The summed E-state index contributed by atoms with van der Waals surface area (Å²) in [6.07, 6.45) is 2.26. The van der Waals surface area contributed by atoms with Crippen LogP contribution >= 0.6 is 11.6 Å². The van der Waals surface area contributed by atoms with Crippen molar-refractivity contribution in [1.82, 2.24) is 9.97 Å². The van der Waals surface area contributed by atoms with Crippen LogP contribution in [0.2, 0.25) is 5.02 Å². The van der Waals surface area contributed by atoms with E-state index in [1.165, 1.54) is 0 Å². The maximum Gasteiger partial charge on any atom is 0.222 e. The number of hydrogen-bond acceptors (Lipinski definition) is 5. The van der Waals surface area contributed by atoms with Crippen molar-refractivity contribution in [3.8, 4) is 5.88 Å². The zero-order chi connectivity index (χ0) is 14.8. The molecule has 0 spiro atoms. The minimum atomic E-state index is 0.434. The molecule has 0 radical (unpaired) electrons. The molecule has 1 aromatic carbocycles. The van der Waals surface area contributed by atoms with Crippen molar-refractivity contribution in [3.05, 3.63) is 46.2 Å². The molecule has 5 nitrogen and oxygen atoms in total. The van der Waals surface area contributed by atoms with Crippen LogP contribution in [-0.2, 0) is 6.61 Å². The third kappa shape index (κ3) is 3.25. The summed E-state index contributed by atoms with van der Waals surface area (Å²) in [6, 6.07) is 7.55. The van der Waals surface area contributed by atoms with Gasteiger partial charge >= 0.3 is 0 Å². The van der Waals surface area contributed by atoms with Gasteiger partial charge in [-0.3, -0.25) is 0 Å². The molecule has 1 fully saturated rings. The van der Waals surface area contributed by atoms with Crippen LogP contribution in [0.5, 0.6) is 5.88 Å². The lowest BCUT2D eigenvalue weighted by Gasteiger charge is -2.13. The van der Waals surface area contributed by atoms with E-state index in [0.717, 1.165) is 29.8 Å². The fourth-order valence-corrected chi connectivity index (χ4v) is 2.18. The van der Waals surface area contributed by atoms with Crippen molar-refractivity contribution >= 4 is 17.4 Å². The second-order valence-corrected chi connectivity index (χ2v) is 5.63. The Bertz CT molecular complexity index is 641. The summed E-state index contributed by atoms with van der Waals surface area (Å²) in [5.74, 6) is 7.97. The zero-order valence-electron chi connectivity index (χ0n) is 11.8. The lowest BCUT2D eigenvalue weighted by Crippen LogP contribution is -2.13. The summed E-state index contributed by atoms with van der Waals surface area (Å²) in [5, 5.41) is 0.711. The quantitative estimate of drug-likeness (QED) is 0.655. The van der Waals surface area contributed by atoms with Crippen LogP contribution in [0, 0.1) is 6.92 Å². The SMILES string of the molecule is Cc1c(NN)nc(C2CC2)nc1OCc1ccc(Cl)cc1. The van der Waals surface area contributed by atoms with Crippen molar-refractivity contribution < 1.29 is 4.74 Å². The van der Waals surface area contributed by atoms with Gasteiger partial charge in [-0.1, -0.05) is 23.7 Å². The maximum absolute atomic E-state index is 5.87. The number of aromatic nitrogens is 2. The van der Waals surface area contributed by atoms with Gasteiger partial charge < -0.3 is 10.2 Å². The average molecular weight is 305 g/mol. The molecule has 0 atom stereocenters. The van der Waals surface area contributed by atoms with Gasteiger partial charge in [-0.05, 0) is 37.5 Å². The maximum atomic E-state index is 5.87. The number of ether oxygens (including phenoxy) is 1. The molecule has 0 saturated heterocycles. The van der Waals surface area contributed by atoms with Gasteiger partial charge in [0.1, 0.15) is 18.2 Å². The van der Waals surface area contributed by atoms with Gasteiger partial charge in [-0.25, -0.2) is 10.8 Å². The second kappa shape index (κ2) is 5.87. The number of benzene rings is 1. The molecule has 0 aliphatic heterocycles. The fourth-order valence-electron chi connectivity index (χ4n) is 2.05. The Balaban J connectivity index is 1.80. The zero-order valence-corrected chi connectivity index (χ0v) is 12.5. The molecule has 1 saturated carbocycles. The van der Waals surface area contributed by atoms with Crippen LogP contribution in [0.15, 0.2) is 24.3 Å². The van der Waals surface area contributed by atoms with Crippen molar-refractivity contribution in [2.24, 2.45) is 5.84 Å². The molecule has 2 aromatic rings. The van der Waals surface area contributed by atoms with Gasteiger partial charge in [0.2, 0.25) is 5.88 Å². The monoisotopic (exact) mass is 304 g/mol. The summed E-state index contributed by atoms with van der Waals surface area (Å²) in [6.45, 7) is 2.33. The molecule has 3 N–H and O–H groups in total. The highest BCUT2D eigenvalue weighted by Gasteiger charge is 2.28. The van der Waals surface area contributed by atoms with E-state index >= 15 is 0 Å². The summed E-state index contributed by atoms with van der Waals surface area (Å²) in [7, 11) is 0. The number of nitrogen functional groups attached to an aromatic ring is 1. The fraction of sp³-hybridized carbons (Fsp3) is 0.333. The van der Waals surface area contributed by atoms with Crippen LogP contribution < -0.4 is 16.0 Å². The number of hydrazine groups is 1. The smallest absolute Gasteiger partial charge is 0.222 e. The number of rotatable bonds is 5. The molecule has 1 heterocycles. The molecule has 0 amide bonds. The minimum absolute atomic E-state index is 0.434. The van der Waals surface area contributed by atoms with E-state index in [4.69, 9.17) is 22.2 Å². The Kier molecular flexibility index (Phi) is 3.94. The van der Waals surface area contributed by atoms with E-state index in [9.17, 15) is 0 Å². The van der Waals surface area contributed by atoms with Crippen molar-refractivity contribution in [2.75, 3.05) is 5.43 Å². The molecule has 1 aliphatic rings. The predicted octanol–water partition coefficient (Wildman–Crippen LogP) is 3.18. The third-order valence-corrected chi connectivity index (χ3v) is 3.74. The first-order chi connectivity index (χ1) is 10.2. The highest BCUT2D eigenvalue weighted by atomic mass is 35.5. The summed E-state index contributed by atoms with van der Waals surface area (Å²) >= 11 is 5.87. The largest absolute Gasteiger partial charge is 0.472 e. The first kappa shape index (κ1) is 14.1. The number of nitrogens with one attached hydrogen (secondary N) is 1. The van der Waals surface area contributed by atoms with E-state index < -0.39 is 0 Å². The lowest BCUT2D eigenvalue weighted by molar-refractivity contribution is 0.290. The molecule has 1 aromatic heterocycles. The predicted molar refractivity (Wildman–Crippen MR) is 82.3 cm³/mol. The molecular weight excluding hydrogens is 288 g/mol. The molecule has 21 heavy (non-hydrogen) atoms. The number of hydrogen-bond donors (Lipinski definition) is 2. The van der Waals surface area contributed by atoms with Crippen LogP contribution in [0.1, 0.15) is 35.7 Å². The van der Waals surface area contributed by atoms with Gasteiger partial charge in [0, 0.05) is 10.9 Å². The van der Waals surface area contributed by atoms with Crippen LogP contribution in [-0.4, -0.2) is 9.97 Å². The van der Waals surface area contributed by atoms with Crippen molar-refractivity contribution in [1.29, 1.82) is 0 Å². The van der Waals surface area contributed by atoms with Gasteiger partial charge in [0.25, 0.3) is 0 Å². The molecule has 0 bridgehead atoms. The highest BCUT2D eigenvalue weighted by Crippen LogP contribution is 2.39. The molecule has 110 valence electrons. The second-order valence-electron chi connectivity index (χ2n) is 5.19. The Morgan fingerprint density at radius 3 is 2.62 bits per heavy atom. The van der Waals surface area contributed by atoms with E-state index in [1.807, 2.05) is 31.2 Å². The van der Waals surface area contributed by atoms with E-state index in [2.05, 4.69) is 15.4 Å². The number of halogens is 1. The molecule has 0 unspecified atom stereocenters. The van der Waals surface area contributed by atoms with Gasteiger partial charge in [0.15, 0.2) is 0 Å². The first-order valence-electron chi connectivity index (χ1n) is 6.89. The summed E-state index contributed by atoms with van der Waals surface area (Å²) < 4.78 is 5.83. The number of nitrogens with zero attached hydrogens (tertiary/aromatic N) is 2. The van der Waals surface area contributed by atoms with Crippen LogP contribution in [0.25, 0.3) is 0 Å². The average Bonchev–Trinajstić information content (AvgIpc) is 3.32. The van der Waals surface area contributed by atoms with E-state index in [-0.39, 0.29) is 0 Å². The first-order valence-corrected chi connectivity index (χ1v) is 7.27. The number of nitrogens with two attached hydrogens (primary N) is 1. The normalized spacial score (nSPS) is 14.0. The topological polar surface area (TPSA) is 73.1 Å². The Morgan fingerprint density at radius 2 is 2.00 bits per heavy atom. The lowest BCUT2D eigenvalue weighted by atomic mass is 10.2. The van der Waals surface area contributed by atoms with Gasteiger partial charge in [0.05, 0.1) is 5.56 Å². The standard InChI is InChI=1S/C15H17ClN4O/c1-9-13(20-17)18-14(11-4-5-11)19-15(9)21-8-10-2-6-12(16)7-3-10/h2-3,6-7,11H,4-5,8,17H2,1H3,(H,18,19,20). The summed E-state index contributed by atoms with van der Waals surface area (Å²) in [4.78, 5) is 8.96. The molecule has 1 aliphatic carbocycles.